The minimum atomic E-state index is -0.394. The van der Waals surface area contributed by atoms with E-state index in [1.54, 1.807) is 0 Å². The zero-order valence-corrected chi connectivity index (χ0v) is 15.0. The fraction of sp³-hybridized carbons (Fsp3) is 0.429. The van der Waals surface area contributed by atoms with Gasteiger partial charge in [0.2, 0.25) is 0 Å². The molecule has 2 rings (SSSR count). The highest BCUT2D eigenvalue weighted by atomic mass is 16.1. The van der Waals surface area contributed by atoms with E-state index in [0.29, 0.717) is 0 Å². The molecule has 0 saturated heterocycles. The van der Waals surface area contributed by atoms with Crippen molar-refractivity contribution in [1.29, 1.82) is 0 Å². The van der Waals surface area contributed by atoms with Crippen molar-refractivity contribution >= 4 is 22.3 Å². The molecule has 2 nitrogen and oxygen atoms in total. The van der Waals surface area contributed by atoms with Gasteiger partial charge in [-0.15, -0.1) is 0 Å². The quantitative estimate of drug-likeness (QED) is 0.680. The van der Waals surface area contributed by atoms with Crippen LogP contribution >= 0.6 is 0 Å². The van der Waals surface area contributed by atoms with Crippen molar-refractivity contribution in [2.75, 3.05) is 0 Å². The SMILES string of the molecule is CCC(C)(C)C(=O)c1ccc2cc(C(=O)C(C)(C)C)ccc2c1. The van der Waals surface area contributed by atoms with E-state index >= 15 is 0 Å². The average Bonchev–Trinajstić information content (AvgIpc) is 2.51. The van der Waals surface area contributed by atoms with E-state index < -0.39 is 5.41 Å². The van der Waals surface area contributed by atoms with E-state index in [4.69, 9.17) is 0 Å². The fourth-order valence-electron chi connectivity index (χ4n) is 2.51. The van der Waals surface area contributed by atoms with Gasteiger partial charge in [0.15, 0.2) is 11.6 Å². The summed E-state index contributed by atoms with van der Waals surface area (Å²) in [5.41, 5.74) is 0.710. The molecule has 0 aliphatic rings. The van der Waals surface area contributed by atoms with Gasteiger partial charge in [0, 0.05) is 22.0 Å². The number of fused-ring (bicyclic) bond motifs is 1. The number of carbonyl (C=O) groups excluding carboxylic acids is 2. The maximum absolute atomic E-state index is 12.6. The maximum Gasteiger partial charge on any atom is 0.168 e. The molecule has 0 unspecified atom stereocenters. The van der Waals surface area contributed by atoms with Crippen molar-refractivity contribution in [1.82, 2.24) is 0 Å². The molecule has 122 valence electrons. The lowest BCUT2D eigenvalue weighted by Gasteiger charge is -2.21. The van der Waals surface area contributed by atoms with Crippen molar-refractivity contribution in [2.24, 2.45) is 10.8 Å². The summed E-state index contributed by atoms with van der Waals surface area (Å²) >= 11 is 0. The highest BCUT2D eigenvalue weighted by Crippen LogP contribution is 2.28. The van der Waals surface area contributed by atoms with Gasteiger partial charge in [0.25, 0.3) is 0 Å². The van der Waals surface area contributed by atoms with Crippen LogP contribution in [0.1, 0.15) is 68.7 Å². The maximum atomic E-state index is 12.6. The second-order valence-electron chi connectivity index (χ2n) is 7.92. The molecule has 2 aromatic carbocycles. The topological polar surface area (TPSA) is 34.1 Å². The number of rotatable bonds is 4. The molecule has 0 amide bonds. The summed E-state index contributed by atoms with van der Waals surface area (Å²) in [6, 6.07) is 11.4. The van der Waals surface area contributed by atoms with Crippen molar-refractivity contribution in [3.8, 4) is 0 Å². The van der Waals surface area contributed by atoms with Gasteiger partial charge < -0.3 is 0 Å². The van der Waals surface area contributed by atoms with E-state index in [2.05, 4.69) is 0 Å². The molecule has 0 fully saturated rings. The zero-order valence-electron chi connectivity index (χ0n) is 15.0. The number of carbonyl (C=O) groups is 2. The first kappa shape index (κ1) is 17.4. The third-order valence-electron chi connectivity index (χ3n) is 4.54. The van der Waals surface area contributed by atoms with Crippen molar-refractivity contribution < 1.29 is 9.59 Å². The monoisotopic (exact) mass is 310 g/mol. The van der Waals surface area contributed by atoms with Gasteiger partial charge in [-0.2, -0.15) is 0 Å². The van der Waals surface area contributed by atoms with Gasteiger partial charge in [0.05, 0.1) is 0 Å². The van der Waals surface area contributed by atoms with Crippen LogP contribution in [0, 0.1) is 10.8 Å². The standard InChI is InChI=1S/C21H26O2/c1-7-21(5,6)19(23)17-11-9-14-12-16(10-8-15(14)13-17)18(22)20(2,3)4/h8-13H,7H2,1-6H3. The van der Waals surface area contributed by atoms with Crippen LogP contribution in [-0.4, -0.2) is 11.6 Å². The summed E-state index contributed by atoms with van der Waals surface area (Å²) in [4.78, 5) is 25.0. The van der Waals surface area contributed by atoms with Crippen molar-refractivity contribution in [3.63, 3.8) is 0 Å². The summed E-state index contributed by atoms with van der Waals surface area (Å²) in [5, 5.41) is 1.99. The summed E-state index contributed by atoms with van der Waals surface area (Å²) in [5.74, 6) is 0.295. The zero-order chi connectivity index (χ0) is 17.4. The highest BCUT2D eigenvalue weighted by Gasteiger charge is 2.27. The molecule has 0 N–H and O–H groups in total. The third-order valence-corrected chi connectivity index (χ3v) is 4.54. The first-order chi connectivity index (χ1) is 10.6. The molecule has 0 atom stereocenters. The molecule has 0 heterocycles. The van der Waals surface area contributed by atoms with Crippen molar-refractivity contribution in [2.45, 2.75) is 48.0 Å². The van der Waals surface area contributed by atoms with Crippen LogP contribution in [0.5, 0.6) is 0 Å². The number of Topliss-reactive ketones (excluding diaryl/α,β-unsaturated/α-hetero) is 2. The van der Waals surface area contributed by atoms with E-state index in [-0.39, 0.29) is 17.0 Å². The van der Waals surface area contributed by atoms with Crippen LogP contribution in [0.4, 0.5) is 0 Å². The van der Waals surface area contributed by atoms with E-state index in [0.717, 1.165) is 28.3 Å². The Morgan fingerprint density at radius 1 is 0.783 bits per heavy atom. The predicted molar refractivity (Wildman–Crippen MR) is 96.1 cm³/mol. The van der Waals surface area contributed by atoms with Gasteiger partial charge in [-0.25, -0.2) is 0 Å². The lowest BCUT2D eigenvalue weighted by molar-refractivity contribution is 0.0831. The number of hydrogen-bond acceptors (Lipinski definition) is 2. The number of benzene rings is 2. The van der Waals surface area contributed by atoms with Crippen LogP contribution in [0.15, 0.2) is 36.4 Å². The first-order valence-corrected chi connectivity index (χ1v) is 8.19. The van der Waals surface area contributed by atoms with Gasteiger partial charge in [0.1, 0.15) is 0 Å². The smallest absolute Gasteiger partial charge is 0.168 e. The highest BCUT2D eigenvalue weighted by molar-refractivity contribution is 6.05. The Bertz CT molecular complexity index is 761. The van der Waals surface area contributed by atoms with Crippen LogP contribution in [-0.2, 0) is 0 Å². The molecule has 0 bridgehead atoms. The molecule has 2 heteroatoms. The van der Waals surface area contributed by atoms with Crippen LogP contribution in [0.2, 0.25) is 0 Å². The van der Waals surface area contributed by atoms with Crippen LogP contribution in [0.25, 0.3) is 10.8 Å². The first-order valence-electron chi connectivity index (χ1n) is 8.19. The molecule has 0 radical (unpaired) electrons. The second-order valence-corrected chi connectivity index (χ2v) is 7.92. The normalized spacial score (nSPS) is 12.4. The summed E-state index contributed by atoms with van der Waals surface area (Å²) in [6.45, 7) is 11.8. The Morgan fingerprint density at radius 2 is 1.22 bits per heavy atom. The molecule has 0 aliphatic heterocycles. The summed E-state index contributed by atoms with van der Waals surface area (Å²) in [7, 11) is 0. The third kappa shape index (κ3) is 3.52. The minimum Gasteiger partial charge on any atom is -0.294 e. The van der Waals surface area contributed by atoms with Crippen LogP contribution in [0.3, 0.4) is 0 Å². The lowest BCUT2D eigenvalue weighted by Crippen LogP contribution is -2.23. The predicted octanol–water partition coefficient (Wildman–Crippen LogP) is 5.69. The molecule has 0 aromatic heterocycles. The Morgan fingerprint density at radius 3 is 1.61 bits per heavy atom. The fourth-order valence-corrected chi connectivity index (χ4v) is 2.51. The summed E-state index contributed by atoms with van der Waals surface area (Å²) < 4.78 is 0. The Labute approximate surface area is 138 Å². The van der Waals surface area contributed by atoms with Gasteiger partial charge in [-0.05, 0) is 29.3 Å². The van der Waals surface area contributed by atoms with E-state index in [1.807, 2.05) is 77.9 Å². The van der Waals surface area contributed by atoms with Gasteiger partial charge in [-0.1, -0.05) is 65.8 Å². The molecule has 0 spiro atoms. The average molecular weight is 310 g/mol. The molecule has 2 aromatic rings. The molecular formula is C21H26O2. The van der Waals surface area contributed by atoms with Crippen LogP contribution < -0.4 is 0 Å². The number of hydrogen-bond donors (Lipinski definition) is 0. The molecular weight excluding hydrogens is 284 g/mol. The van der Waals surface area contributed by atoms with E-state index in [1.165, 1.54) is 0 Å². The Hall–Kier alpha value is -1.96. The molecule has 0 saturated carbocycles. The second kappa shape index (κ2) is 5.92. The largest absolute Gasteiger partial charge is 0.294 e. The Balaban J connectivity index is 2.44. The van der Waals surface area contributed by atoms with E-state index in [9.17, 15) is 9.59 Å². The number of ketones is 2. The lowest BCUT2D eigenvalue weighted by atomic mass is 9.81. The van der Waals surface area contributed by atoms with Crippen molar-refractivity contribution in [3.05, 3.63) is 47.5 Å². The molecule has 23 heavy (non-hydrogen) atoms. The summed E-state index contributed by atoms with van der Waals surface area (Å²) in [6.07, 6.45) is 0.808. The minimum absolute atomic E-state index is 0.131. The Kier molecular flexibility index (Phi) is 4.48. The molecule has 0 aliphatic carbocycles. The van der Waals surface area contributed by atoms with Gasteiger partial charge >= 0.3 is 0 Å². The van der Waals surface area contributed by atoms with Gasteiger partial charge in [-0.3, -0.25) is 9.59 Å².